The lowest BCUT2D eigenvalue weighted by atomic mass is 9.92. The van der Waals surface area contributed by atoms with Crippen molar-refractivity contribution >= 4 is 17.6 Å². The first-order chi connectivity index (χ1) is 12.7. The van der Waals surface area contributed by atoms with E-state index in [4.69, 9.17) is 10.2 Å². The first kappa shape index (κ1) is 16.6. The monoisotopic (exact) mass is 349 g/mol. The van der Waals surface area contributed by atoms with Gasteiger partial charge in [0.05, 0.1) is 11.6 Å². The van der Waals surface area contributed by atoms with Gasteiger partial charge in [-0.05, 0) is 37.0 Å². The molecule has 134 valence electrons. The number of nitriles is 1. The van der Waals surface area contributed by atoms with E-state index in [1.807, 2.05) is 43.4 Å². The van der Waals surface area contributed by atoms with Crippen LogP contribution in [0.4, 0.5) is 17.6 Å². The van der Waals surface area contributed by atoms with Crippen molar-refractivity contribution in [2.24, 2.45) is 5.92 Å². The standard InChI is InChI=1S/C19H23N7/c1-24(2)18-5-8-21-19(23-18)25-9-6-15-7-10-26(16(15)13-25)17-4-3-14(11-20)12-22-17/h3-5,8,12,15-16H,6-7,9-10,13H2,1-2H3. The van der Waals surface area contributed by atoms with Gasteiger partial charge in [-0.3, -0.25) is 0 Å². The minimum absolute atomic E-state index is 0.413. The average molecular weight is 349 g/mol. The molecule has 7 heteroatoms. The number of fused-ring (bicyclic) bond motifs is 1. The summed E-state index contributed by atoms with van der Waals surface area (Å²) in [5, 5.41) is 8.98. The third kappa shape index (κ3) is 3.03. The summed E-state index contributed by atoms with van der Waals surface area (Å²) in [4.78, 5) is 20.4. The normalized spacial score (nSPS) is 22.0. The van der Waals surface area contributed by atoms with Gasteiger partial charge in [0, 0.05) is 46.1 Å². The average Bonchev–Trinajstić information content (AvgIpc) is 3.11. The minimum Gasteiger partial charge on any atom is -0.363 e. The van der Waals surface area contributed by atoms with Gasteiger partial charge in [0.2, 0.25) is 5.95 Å². The van der Waals surface area contributed by atoms with Crippen LogP contribution < -0.4 is 14.7 Å². The molecule has 2 aromatic rings. The third-order valence-electron chi connectivity index (χ3n) is 5.40. The van der Waals surface area contributed by atoms with Gasteiger partial charge in [-0.2, -0.15) is 10.2 Å². The fourth-order valence-electron chi connectivity index (χ4n) is 3.97. The highest BCUT2D eigenvalue weighted by Gasteiger charge is 2.39. The maximum atomic E-state index is 8.98. The van der Waals surface area contributed by atoms with Crippen LogP contribution in [0.1, 0.15) is 18.4 Å². The Kier molecular flexibility index (Phi) is 4.33. The van der Waals surface area contributed by atoms with E-state index >= 15 is 0 Å². The van der Waals surface area contributed by atoms with Gasteiger partial charge in [-0.25, -0.2) is 9.97 Å². The number of hydrogen-bond acceptors (Lipinski definition) is 7. The van der Waals surface area contributed by atoms with Crippen LogP contribution in [-0.4, -0.2) is 54.7 Å². The molecule has 26 heavy (non-hydrogen) atoms. The lowest BCUT2D eigenvalue weighted by molar-refractivity contribution is 0.387. The number of pyridine rings is 1. The highest BCUT2D eigenvalue weighted by molar-refractivity contribution is 5.47. The zero-order valence-corrected chi connectivity index (χ0v) is 15.2. The lowest BCUT2D eigenvalue weighted by Gasteiger charge is -2.39. The van der Waals surface area contributed by atoms with Crippen molar-refractivity contribution < 1.29 is 0 Å². The van der Waals surface area contributed by atoms with Crippen molar-refractivity contribution in [1.82, 2.24) is 15.0 Å². The largest absolute Gasteiger partial charge is 0.363 e. The van der Waals surface area contributed by atoms with Crippen molar-refractivity contribution in [1.29, 1.82) is 5.26 Å². The van der Waals surface area contributed by atoms with Crippen molar-refractivity contribution in [3.05, 3.63) is 36.2 Å². The first-order valence-corrected chi connectivity index (χ1v) is 9.04. The summed E-state index contributed by atoms with van der Waals surface area (Å²) in [6.07, 6.45) is 5.83. The summed E-state index contributed by atoms with van der Waals surface area (Å²) in [7, 11) is 3.99. The molecule has 2 aromatic heterocycles. The Balaban J connectivity index is 1.55. The number of rotatable bonds is 3. The Bertz CT molecular complexity index is 811. The lowest BCUT2D eigenvalue weighted by Crippen LogP contribution is -2.49. The minimum atomic E-state index is 0.413. The van der Waals surface area contributed by atoms with Crippen LogP contribution in [0.25, 0.3) is 0 Å². The quantitative estimate of drug-likeness (QED) is 0.838. The van der Waals surface area contributed by atoms with E-state index in [0.717, 1.165) is 43.6 Å². The molecule has 0 bridgehead atoms. The number of hydrogen-bond donors (Lipinski definition) is 0. The van der Waals surface area contributed by atoms with E-state index in [9.17, 15) is 0 Å². The van der Waals surface area contributed by atoms with E-state index in [1.54, 1.807) is 6.20 Å². The van der Waals surface area contributed by atoms with Crippen LogP contribution in [0.15, 0.2) is 30.6 Å². The highest BCUT2D eigenvalue weighted by atomic mass is 15.3. The van der Waals surface area contributed by atoms with E-state index in [2.05, 4.69) is 25.8 Å². The van der Waals surface area contributed by atoms with Gasteiger partial charge >= 0.3 is 0 Å². The van der Waals surface area contributed by atoms with E-state index in [-0.39, 0.29) is 0 Å². The van der Waals surface area contributed by atoms with Gasteiger partial charge in [0.25, 0.3) is 0 Å². The molecule has 2 aliphatic rings. The molecule has 0 N–H and O–H groups in total. The molecule has 0 amide bonds. The fourth-order valence-corrected chi connectivity index (χ4v) is 3.97. The number of nitrogens with zero attached hydrogens (tertiary/aromatic N) is 7. The van der Waals surface area contributed by atoms with Crippen LogP contribution >= 0.6 is 0 Å². The van der Waals surface area contributed by atoms with Crippen LogP contribution in [-0.2, 0) is 0 Å². The molecular formula is C19H23N7. The van der Waals surface area contributed by atoms with E-state index in [1.165, 1.54) is 6.42 Å². The zero-order chi connectivity index (χ0) is 18.1. The van der Waals surface area contributed by atoms with Crippen LogP contribution in [0.3, 0.4) is 0 Å². The van der Waals surface area contributed by atoms with Crippen LogP contribution in [0, 0.1) is 17.2 Å². The molecule has 2 fully saturated rings. The Morgan fingerprint density at radius 2 is 2.00 bits per heavy atom. The molecule has 0 spiro atoms. The number of anilines is 3. The molecule has 0 aliphatic carbocycles. The molecule has 2 aliphatic heterocycles. The SMILES string of the molecule is CN(C)c1ccnc(N2CCC3CCN(c4ccc(C#N)cn4)C3C2)n1. The highest BCUT2D eigenvalue weighted by Crippen LogP contribution is 2.35. The molecule has 2 unspecified atom stereocenters. The summed E-state index contributed by atoms with van der Waals surface area (Å²) in [6, 6.07) is 8.28. The maximum Gasteiger partial charge on any atom is 0.227 e. The van der Waals surface area contributed by atoms with Crippen LogP contribution in [0.2, 0.25) is 0 Å². The molecular weight excluding hydrogens is 326 g/mol. The molecule has 7 nitrogen and oxygen atoms in total. The molecule has 2 atom stereocenters. The smallest absolute Gasteiger partial charge is 0.227 e. The second-order valence-corrected chi connectivity index (χ2v) is 7.17. The van der Waals surface area contributed by atoms with Gasteiger partial charge in [0.1, 0.15) is 17.7 Å². The second kappa shape index (κ2) is 6.79. The van der Waals surface area contributed by atoms with Crippen molar-refractivity contribution in [2.75, 3.05) is 48.4 Å². The van der Waals surface area contributed by atoms with Gasteiger partial charge in [0.15, 0.2) is 0 Å². The summed E-state index contributed by atoms with van der Waals surface area (Å²) < 4.78 is 0. The summed E-state index contributed by atoms with van der Waals surface area (Å²) in [5.41, 5.74) is 0.601. The molecule has 4 rings (SSSR count). The Morgan fingerprint density at radius 1 is 1.15 bits per heavy atom. The van der Waals surface area contributed by atoms with Crippen molar-refractivity contribution in [2.45, 2.75) is 18.9 Å². The van der Waals surface area contributed by atoms with Crippen LogP contribution in [0.5, 0.6) is 0 Å². The Morgan fingerprint density at radius 3 is 2.73 bits per heavy atom. The summed E-state index contributed by atoms with van der Waals surface area (Å²) >= 11 is 0. The van der Waals surface area contributed by atoms with Gasteiger partial charge in [-0.1, -0.05) is 0 Å². The number of piperidine rings is 1. The molecule has 0 aromatic carbocycles. The summed E-state index contributed by atoms with van der Waals surface area (Å²) in [5.74, 6) is 3.37. The molecule has 0 saturated carbocycles. The third-order valence-corrected chi connectivity index (χ3v) is 5.40. The summed E-state index contributed by atoms with van der Waals surface area (Å²) in [6.45, 7) is 2.91. The van der Waals surface area contributed by atoms with E-state index in [0.29, 0.717) is 17.5 Å². The van der Waals surface area contributed by atoms with Crippen molar-refractivity contribution in [3.63, 3.8) is 0 Å². The molecule has 2 saturated heterocycles. The topological polar surface area (TPSA) is 72.2 Å². The van der Waals surface area contributed by atoms with Crippen molar-refractivity contribution in [3.8, 4) is 6.07 Å². The van der Waals surface area contributed by atoms with Gasteiger partial charge in [-0.15, -0.1) is 0 Å². The predicted molar refractivity (Wildman–Crippen MR) is 101 cm³/mol. The molecule has 4 heterocycles. The number of aromatic nitrogens is 3. The van der Waals surface area contributed by atoms with E-state index < -0.39 is 0 Å². The first-order valence-electron chi connectivity index (χ1n) is 9.04. The Hall–Kier alpha value is -2.88. The predicted octanol–water partition coefficient (Wildman–Crippen LogP) is 1.91. The maximum absolute atomic E-state index is 8.98. The molecule has 0 radical (unpaired) electrons. The fraction of sp³-hybridized carbons (Fsp3) is 0.474. The zero-order valence-electron chi connectivity index (χ0n) is 15.2. The van der Waals surface area contributed by atoms with Gasteiger partial charge < -0.3 is 14.7 Å². The second-order valence-electron chi connectivity index (χ2n) is 7.17. The Labute approximate surface area is 153 Å².